The van der Waals surface area contributed by atoms with Gasteiger partial charge in [-0.15, -0.1) is 0 Å². The molecule has 32 heavy (non-hydrogen) atoms. The van der Waals surface area contributed by atoms with E-state index in [9.17, 15) is 29.4 Å². The number of benzene rings is 2. The molecule has 0 amide bonds. The van der Waals surface area contributed by atoms with Gasteiger partial charge in [0, 0.05) is 0 Å². The normalized spacial score (nSPS) is 7.56. The SMILES string of the molecule is COC(=O)c1ccc(C(=O)[O-])cc1.COC(=O)c1ccc(C(=O)[O-])cc1.O.O.[OH3+].[OH3+].[OH3+].[Zn+2]. The van der Waals surface area contributed by atoms with Crippen molar-refractivity contribution in [3.8, 4) is 0 Å². The van der Waals surface area contributed by atoms with Gasteiger partial charge in [0.05, 0.1) is 37.3 Å². The van der Waals surface area contributed by atoms with Crippen molar-refractivity contribution in [2.45, 2.75) is 0 Å². The number of rotatable bonds is 4. The number of ether oxygens (including phenoxy) is 2. The summed E-state index contributed by atoms with van der Waals surface area (Å²) in [5.41, 5.74) is 0.695. The molecule has 0 aromatic heterocycles. The van der Waals surface area contributed by atoms with Gasteiger partial charge in [0.15, 0.2) is 0 Å². The van der Waals surface area contributed by atoms with E-state index >= 15 is 0 Å². The zero-order valence-corrected chi connectivity index (χ0v) is 20.3. The van der Waals surface area contributed by atoms with Crippen molar-refractivity contribution < 1.29 is 85.7 Å². The number of aromatic carboxylic acids is 2. The number of carboxylic acids is 2. The van der Waals surface area contributed by atoms with Gasteiger partial charge in [-0.25, -0.2) is 9.59 Å². The predicted molar refractivity (Wildman–Crippen MR) is 106 cm³/mol. The van der Waals surface area contributed by atoms with Gasteiger partial charge < -0.3 is 56.7 Å². The van der Waals surface area contributed by atoms with Gasteiger partial charge in [0.25, 0.3) is 0 Å². The summed E-state index contributed by atoms with van der Waals surface area (Å²) in [4.78, 5) is 42.5. The van der Waals surface area contributed by atoms with E-state index in [0.29, 0.717) is 11.1 Å². The van der Waals surface area contributed by atoms with E-state index in [1.165, 1.54) is 62.8 Å². The van der Waals surface area contributed by atoms with Crippen LogP contribution in [0.4, 0.5) is 0 Å². The molecular weight excluding hydrogens is 490 g/mol. The molecule has 176 valence electrons. The summed E-state index contributed by atoms with van der Waals surface area (Å²) in [5.74, 6) is -3.53. The van der Waals surface area contributed by atoms with Gasteiger partial charge in [0.2, 0.25) is 0 Å². The van der Waals surface area contributed by atoms with Crippen molar-refractivity contribution in [1.29, 1.82) is 0 Å². The number of esters is 2. The van der Waals surface area contributed by atoms with Gasteiger partial charge in [-0.3, -0.25) is 0 Å². The molecule has 13 N–H and O–H groups in total. The van der Waals surface area contributed by atoms with Gasteiger partial charge in [0.1, 0.15) is 0 Å². The van der Waals surface area contributed by atoms with E-state index in [1.807, 2.05) is 0 Å². The Morgan fingerprint density at radius 3 is 0.906 bits per heavy atom. The molecule has 0 radical (unpaired) electrons. The standard InChI is InChI=1S/2C9H8O4.5H2O.Zn/c2*1-13-9(12)7-4-2-6(3-5-7)8(10)11;;;;;;/h2*2-5H,1H3,(H,10,11);5*1H2;/q;;;;;;;+2/p+1. The Morgan fingerprint density at radius 1 is 0.562 bits per heavy atom. The van der Waals surface area contributed by atoms with Crippen LogP contribution in [0.2, 0.25) is 0 Å². The molecule has 0 saturated carbocycles. The Balaban J connectivity index is -0.0000000889. The predicted octanol–water partition coefficient (Wildman–Crippen LogP) is -4.74. The van der Waals surface area contributed by atoms with E-state index in [0.717, 1.165) is 0 Å². The summed E-state index contributed by atoms with van der Waals surface area (Å²) in [6, 6.07) is 10.7. The fourth-order valence-electron chi connectivity index (χ4n) is 1.72. The first-order valence-corrected chi connectivity index (χ1v) is 7.09. The first kappa shape index (κ1) is 42.8. The molecule has 0 aliphatic carbocycles. The number of carboxylic acid groups (broad SMARTS) is 2. The van der Waals surface area contributed by atoms with E-state index in [4.69, 9.17) is 0 Å². The molecule has 2 aromatic rings. The molecule has 14 heteroatoms. The Kier molecular flexibility index (Phi) is 28.1. The zero-order chi connectivity index (χ0) is 19.7. The molecule has 0 aliphatic heterocycles. The van der Waals surface area contributed by atoms with Crippen molar-refractivity contribution in [2.24, 2.45) is 0 Å². The molecule has 0 aliphatic rings. The minimum absolute atomic E-state index is 0. The Morgan fingerprint density at radius 2 is 0.750 bits per heavy atom. The van der Waals surface area contributed by atoms with Crippen LogP contribution in [0.3, 0.4) is 0 Å². The topological polar surface area (TPSA) is 295 Å². The third kappa shape index (κ3) is 13.1. The van der Waals surface area contributed by atoms with E-state index in [-0.39, 0.29) is 58.0 Å². The largest absolute Gasteiger partial charge is 2.00 e. The molecule has 0 bridgehead atoms. The molecule has 2 rings (SSSR count). The summed E-state index contributed by atoms with van der Waals surface area (Å²) < 4.78 is 8.87. The van der Waals surface area contributed by atoms with Crippen LogP contribution in [-0.2, 0) is 45.4 Å². The summed E-state index contributed by atoms with van der Waals surface area (Å²) in [7, 11) is 2.52. The van der Waals surface area contributed by atoms with Crippen LogP contribution in [-0.4, -0.2) is 49.0 Å². The molecule has 13 nitrogen and oxygen atoms in total. The van der Waals surface area contributed by atoms with Crippen molar-refractivity contribution >= 4 is 23.9 Å². The minimum Gasteiger partial charge on any atom is -0.545 e. The third-order valence-corrected chi connectivity index (χ3v) is 3.08. The van der Waals surface area contributed by atoms with Crippen LogP contribution in [0.25, 0.3) is 0 Å². The Hall–Kier alpha value is -3.26. The Bertz CT molecular complexity index is 735. The smallest absolute Gasteiger partial charge is 0.545 e. The van der Waals surface area contributed by atoms with Crippen LogP contribution >= 0.6 is 0 Å². The van der Waals surface area contributed by atoms with E-state index < -0.39 is 23.9 Å². The van der Waals surface area contributed by atoms with Crippen LogP contribution in [0.15, 0.2) is 48.5 Å². The van der Waals surface area contributed by atoms with Crippen molar-refractivity contribution in [2.75, 3.05) is 14.2 Å². The first-order chi connectivity index (χ1) is 12.3. The van der Waals surface area contributed by atoms with Crippen LogP contribution in [0, 0.1) is 0 Å². The second-order valence-corrected chi connectivity index (χ2v) is 4.71. The molecule has 0 saturated heterocycles. The van der Waals surface area contributed by atoms with Gasteiger partial charge >= 0.3 is 31.4 Å². The van der Waals surface area contributed by atoms with Crippen LogP contribution in [0.5, 0.6) is 0 Å². The summed E-state index contributed by atoms with van der Waals surface area (Å²) >= 11 is 0. The maximum absolute atomic E-state index is 10.9. The number of carbonyl (C=O) groups is 4. The summed E-state index contributed by atoms with van der Waals surface area (Å²) in [6.45, 7) is 0. The van der Waals surface area contributed by atoms with Gasteiger partial charge in [-0.1, -0.05) is 24.3 Å². The van der Waals surface area contributed by atoms with Gasteiger partial charge in [-0.2, -0.15) is 0 Å². The van der Waals surface area contributed by atoms with Crippen LogP contribution < -0.4 is 10.2 Å². The molecule has 0 spiro atoms. The number of hydrogen-bond donors (Lipinski definition) is 0. The van der Waals surface area contributed by atoms with E-state index in [1.54, 1.807) is 0 Å². The third-order valence-electron chi connectivity index (χ3n) is 3.08. The Labute approximate surface area is 194 Å². The number of carbonyl (C=O) groups excluding carboxylic acids is 4. The van der Waals surface area contributed by atoms with Crippen molar-refractivity contribution in [3.63, 3.8) is 0 Å². The molecule has 0 atom stereocenters. The van der Waals surface area contributed by atoms with Crippen molar-refractivity contribution in [3.05, 3.63) is 70.8 Å². The minimum atomic E-state index is -1.27. The van der Waals surface area contributed by atoms with Gasteiger partial charge in [-0.05, 0) is 35.4 Å². The first-order valence-electron chi connectivity index (χ1n) is 7.09. The number of methoxy groups -OCH3 is 2. The van der Waals surface area contributed by atoms with Crippen molar-refractivity contribution in [1.82, 2.24) is 0 Å². The molecule has 0 unspecified atom stereocenters. The zero-order valence-electron chi connectivity index (χ0n) is 17.3. The van der Waals surface area contributed by atoms with E-state index in [2.05, 4.69) is 9.47 Å². The fourth-order valence-corrected chi connectivity index (χ4v) is 1.72. The fraction of sp³-hybridized carbons (Fsp3) is 0.111. The van der Waals surface area contributed by atoms with Crippen LogP contribution in [0.1, 0.15) is 41.4 Å². The molecule has 0 heterocycles. The summed E-state index contributed by atoms with van der Waals surface area (Å²) in [5, 5.41) is 20.6. The second-order valence-electron chi connectivity index (χ2n) is 4.71. The monoisotopic (exact) mass is 515 g/mol. The molecule has 2 aromatic carbocycles. The average Bonchev–Trinajstić information content (AvgIpc) is 2.67. The summed E-state index contributed by atoms with van der Waals surface area (Å²) in [6.07, 6.45) is 0. The second kappa shape index (κ2) is 21.0. The quantitative estimate of drug-likeness (QED) is 0.215. The maximum Gasteiger partial charge on any atom is 2.00 e. The number of hydrogen-bond acceptors (Lipinski definition) is 8. The molecular formula is C18H27O13Zn+3. The molecule has 0 fully saturated rings. The average molecular weight is 517 g/mol. The maximum atomic E-state index is 10.9.